The summed E-state index contributed by atoms with van der Waals surface area (Å²) in [7, 11) is 4.52. The molecule has 1 aromatic carbocycles. The molecule has 0 aliphatic rings. The molecule has 162 valence electrons. The van der Waals surface area contributed by atoms with Crippen LogP contribution in [0.4, 0.5) is 0 Å². The summed E-state index contributed by atoms with van der Waals surface area (Å²) in [5.74, 6) is 0.909. The fourth-order valence-electron chi connectivity index (χ4n) is 2.99. The maximum Gasteiger partial charge on any atom is 0.248 e. The van der Waals surface area contributed by atoms with Crippen molar-refractivity contribution in [3.05, 3.63) is 34.4 Å². The van der Waals surface area contributed by atoms with Crippen molar-refractivity contribution >= 4 is 5.91 Å². The lowest BCUT2D eigenvalue weighted by Gasteiger charge is -2.19. The fraction of sp³-hybridized carbons (Fsp3) is 0.500. The van der Waals surface area contributed by atoms with Gasteiger partial charge in [-0.25, -0.2) is 0 Å². The molecule has 0 spiro atoms. The number of benzene rings is 1. The van der Waals surface area contributed by atoms with Gasteiger partial charge in [-0.05, 0) is 47.0 Å². The van der Waals surface area contributed by atoms with E-state index in [0.29, 0.717) is 35.5 Å². The van der Waals surface area contributed by atoms with Crippen molar-refractivity contribution < 1.29 is 29.2 Å². The molecule has 1 rings (SSSR count). The zero-order valence-electron chi connectivity index (χ0n) is 18.4. The number of rotatable bonds is 10. The molecule has 0 radical (unpaired) electrons. The first-order chi connectivity index (χ1) is 13.7. The standard InChI is InChI=1S/C22H33NO6/c1-13(9-8-10-14(2)22(26)23-16(4)24)11-12-17-15(3)19(27-5)21(29-7)20(28-6)18(17)25/h10-11,16,24-25H,8-9,12H2,1-7H3,(H,23,26)/b13-11+,14-10+. The summed E-state index contributed by atoms with van der Waals surface area (Å²) in [6, 6.07) is 0. The highest BCUT2D eigenvalue weighted by Crippen LogP contribution is 2.48. The number of hydrogen-bond donors (Lipinski definition) is 3. The number of methoxy groups -OCH3 is 3. The van der Waals surface area contributed by atoms with Gasteiger partial charge in [-0.3, -0.25) is 4.79 Å². The van der Waals surface area contributed by atoms with Crippen molar-refractivity contribution in [2.75, 3.05) is 21.3 Å². The molecule has 1 aromatic rings. The molecule has 0 aliphatic heterocycles. The van der Waals surface area contributed by atoms with Crippen LogP contribution >= 0.6 is 0 Å². The van der Waals surface area contributed by atoms with Gasteiger partial charge >= 0.3 is 0 Å². The van der Waals surface area contributed by atoms with Crippen LogP contribution in [0, 0.1) is 6.92 Å². The Morgan fingerprint density at radius 3 is 2.17 bits per heavy atom. The van der Waals surface area contributed by atoms with Crippen LogP contribution in [0.25, 0.3) is 0 Å². The highest BCUT2D eigenvalue weighted by atomic mass is 16.5. The van der Waals surface area contributed by atoms with E-state index in [4.69, 9.17) is 14.2 Å². The Hall–Kier alpha value is -2.67. The molecule has 1 unspecified atom stereocenters. The number of phenols is 1. The van der Waals surface area contributed by atoms with Gasteiger partial charge in [-0.15, -0.1) is 0 Å². The second-order valence-electron chi connectivity index (χ2n) is 6.88. The Kier molecular flexibility index (Phi) is 9.55. The molecule has 0 saturated carbocycles. The van der Waals surface area contributed by atoms with E-state index in [1.807, 2.05) is 26.0 Å². The zero-order chi connectivity index (χ0) is 22.1. The van der Waals surface area contributed by atoms with Gasteiger partial charge in [0.25, 0.3) is 0 Å². The van der Waals surface area contributed by atoms with Gasteiger partial charge in [0.1, 0.15) is 6.23 Å². The van der Waals surface area contributed by atoms with Crippen molar-refractivity contribution in [1.82, 2.24) is 5.32 Å². The van der Waals surface area contributed by atoms with E-state index in [0.717, 1.165) is 17.6 Å². The van der Waals surface area contributed by atoms with E-state index < -0.39 is 6.23 Å². The third-order valence-electron chi connectivity index (χ3n) is 4.66. The number of hydrogen-bond acceptors (Lipinski definition) is 6. The average molecular weight is 408 g/mol. The van der Waals surface area contributed by atoms with Gasteiger partial charge < -0.3 is 29.7 Å². The first kappa shape index (κ1) is 24.4. The van der Waals surface area contributed by atoms with E-state index in [9.17, 15) is 15.0 Å². The van der Waals surface area contributed by atoms with Crippen LogP contribution in [-0.4, -0.2) is 43.7 Å². The zero-order valence-corrected chi connectivity index (χ0v) is 18.4. The molecular formula is C22H33NO6. The second-order valence-corrected chi connectivity index (χ2v) is 6.88. The third-order valence-corrected chi connectivity index (χ3v) is 4.66. The molecule has 0 fully saturated rings. The summed E-state index contributed by atoms with van der Waals surface area (Å²) >= 11 is 0. The topological polar surface area (TPSA) is 97.3 Å². The lowest BCUT2D eigenvalue weighted by molar-refractivity contribution is -0.120. The maximum absolute atomic E-state index is 11.8. The van der Waals surface area contributed by atoms with Crippen molar-refractivity contribution in [1.29, 1.82) is 0 Å². The smallest absolute Gasteiger partial charge is 0.248 e. The predicted octanol–water partition coefficient (Wildman–Crippen LogP) is 3.40. The van der Waals surface area contributed by atoms with Gasteiger partial charge in [0, 0.05) is 16.7 Å². The highest BCUT2D eigenvalue weighted by molar-refractivity contribution is 5.92. The summed E-state index contributed by atoms with van der Waals surface area (Å²) in [6.45, 7) is 7.09. The van der Waals surface area contributed by atoms with Crippen LogP contribution in [0.3, 0.4) is 0 Å². The molecule has 1 atom stereocenters. The summed E-state index contributed by atoms with van der Waals surface area (Å²) < 4.78 is 16.1. The summed E-state index contributed by atoms with van der Waals surface area (Å²) in [4.78, 5) is 11.8. The molecular weight excluding hydrogens is 374 g/mol. The van der Waals surface area contributed by atoms with Crippen molar-refractivity contribution in [3.63, 3.8) is 0 Å². The number of nitrogens with one attached hydrogen (secondary N) is 1. The second kappa shape index (κ2) is 11.4. The van der Waals surface area contributed by atoms with Gasteiger partial charge in [0.15, 0.2) is 11.5 Å². The molecule has 3 N–H and O–H groups in total. The number of allylic oxidation sites excluding steroid dienone is 3. The van der Waals surface area contributed by atoms with E-state index >= 15 is 0 Å². The first-order valence-electron chi connectivity index (χ1n) is 9.49. The molecule has 0 saturated heterocycles. The monoisotopic (exact) mass is 407 g/mol. The van der Waals surface area contributed by atoms with Crippen LogP contribution in [0.2, 0.25) is 0 Å². The molecule has 0 bridgehead atoms. The minimum Gasteiger partial charge on any atom is -0.504 e. The van der Waals surface area contributed by atoms with Crippen molar-refractivity contribution in [2.24, 2.45) is 0 Å². The van der Waals surface area contributed by atoms with Crippen LogP contribution in [0.5, 0.6) is 23.0 Å². The Morgan fingerprint density at radius 1 is 1.07 bits per heavy atom. The first-order valence-corrected chi connectivity index (χ1v) is 9.49. The molecule has 0 aliphatic carbocycles. The average Bonchev–Trinajstić information content (AvgIpc) is 2.66. The van der Waals surface area contributed by atoms with Crippen molar-refractivity contribution in [2.45, 2.75) is 53.2 Å². The van der Waals surface area contributed by atoms with E-state index in [1.54, 1.807) is 14.0 Å². The normalized spacial score (nSPS) is 13.1. The van der Waals surface area contributed by atoms with Gasteiger partial charge in [-0.1, -0.05) is 17.7 Å². The molecule has 1 amide bonds. The number of carbonyl (C=O) groups excluding carboxylic acids is 1. The van der Waals surface area contributed by atoms with E-state index in [1.165, 1.54) is 21.1 Å². The molecule has 0 heterocycles. The fourth-order valence-corrected chi connectivity index (χ4v) is 2.99. The third kappa shape index (κ3) is 6.42. The van der Waals surface area contributed by atoms with Gasteiger partial charge in [0.2, 0.25) is 17.4 Å². The lowest BCUT2D eigenvalue weighted by atomic mass is 9.99. The van der Waals surface area contributed by atoms with Crippen LogP contribution in [0.15, 0.2) is 23.3 Å². The van der Waals surface area contributed by atoms with E-state index in [2.05, 4.69) is 5.32 Å². The number of amides is 1. The van der Waals surface area contributed by atoms with Gasteiger partial charge in [-0.2, -0.15) is 0 Å². The Labute approximate surface area is 173 Å². The maximum atomic E-state index is 11.8. The highest BCUT2D eigenvalue weighted by Gasteiger charge is 2.23. The predicted molar refractivity (Wildman–Crippen MR) is 113 cm³/mol. The summed E-state index contributed by atoms with van der Waals surface area (Å²) in [6.07, 6.45) is 4.97. The SMILES string of the molecule is COc1c(C)c(C/C=C(\C)CC/C=C(\C)C(=O)NC(C)O)c(O)c(OC)c1OC. The Balaban J connectivity index is 2.93. The summed E-state index contributed by atoms with van der Waals surface area (Å²) in [5, 5.41) is 22.3. The molecule has 7 heteroatoms. The minimum atomic E-state index is -0.873. The van der Waals surface area contributed by atoms with E-state index in [-0.39, 0.29) is 17.4 Å². The lowest BCUT2D eigenvalue weighted by Crippen LogP contribution is -2.32. The van der Waals surface area contributed by atoms with Crippen LogP contribution in [0.1, 0.15) is 44.7 Å². The number of ether oxygens (including phenoxy) is 3. The molecule has 0 aromatic heterocycles. The van der Waals surface area contributed by atoms with Crippen molar-refractivity contribution in [3.8, 4) is 23.0 Å². The number of aliphatic hydroxyl groups is 1. The van der Waals surface area contributed by atoms with Crippen LogP contribution < -0.4 is 19.5 Å². The quantitative estimate of drug-likeness (QED) is 0.312. The van der Waals surface area contributed by atoms with Gasteiger partial charge in [0.05, 0.1) is 21.3 Å². The number of carbonyl (C=O) groups is 1. The Bertz CT molecular complexity index is 749. The number of phenolic OH excluding ortho intramolecular Hbond substituents is 1. The number of aliphatic hydroxyl groups excluding tert-OH is 1. The Morgan fingerprint density at radius 2 is 1.66 bits per heavy atom. The summed E-state index contributed by atoms with van der Waals surface area (Å²) in [5.41, 5.74) is 3.19. The largest absolute Gasteiger partial charge is 0.504 e. The van der Waals surface area contributed by atoms with Crippen LogP contribution in [-0.2, 0) is 11.2 Å². The minimum absolute atomic E-state index is 0.0391. The molecule has 29 heavy (non-hydrogen) atoms. The molecule has 7 nitrogen and oxygen atoms in total. The number of aromatic hydroxyl groups is 1.